The third kappa shape index (κ3) is 3.91. The van der Waals surface area contributed by atoms with Crippen molar-refractivity contribution in [3.05, 3.63) is 65.8 Å². The Morgan fingerprint density at radius 1 is 1.21 bits per heavy atom. The zero-order valence-electron chi connectivity index (χ0n) is 15.7. The number of nitrogens with zero attached hydrogens (tertiary/aromatic N) is 1. The minimum Gasteiger partial charge on any atom is -0.489 e. The van der Waals surface area contributed by atoms with E-state index in [0.717, 1.165) is 18.4 Å². The minimum atomic E-state index is -0.459. The van der Waals surface area contributed by atoms with Crippen molar-refractivity contribution in [2.45, 2.75) is 38.7 Å². The van der Waals surface area contributed by atoms with Crippen molar-refractivity contribution in [3.8, 4) is 17.2 Å². The molecule has 0 atom stereocenters. The van der Waals surface area contributed by atoms with Crippen molar-refractivity contribution in [2.75, 3.05) is 5.32 Å². The Labute approximate surface area is 162 Å². The Hall–Kier alpha value is -3.15. The first kappa shape index (κ1) is 18.2. The number of rotatable bonds is 6. The molecule has 4 rings (SSSR count). The SMILES string of the molecule is CC(C)Oc1ccc(F)cc1NC(=O)c1nc(-c2ccccc2)oc1C1CC1. The molecule has 144 valence electrons. The van der Waals surface area contributed by atoms with Gasteiger partial charge in [0.15, 0.2) is 5.69 Å². The van der Waals surface area contributed by atoms with E-state index in [1.807, 2.05) is 44.2 Å². The number of amides is 1. The fourth-order valence-corrected chi connectivity index (χ4v) is 2.96. The van der Waals surface area contributed by atoms with E-state index in [4.69, 9.17) is 9.15 Å². The molecule has 1 aromatic heterocycles. The Morgan fingerprint density at radius 2 is 1.96 bits per heavy atom. The Balaban J connectivity index is 1.65. The standard InChI is InChI=1S/C22H21FN2O3/c1-13(2)27-18-11-10-16(23)12-17(18)24-21(26)19-20(14-8-9-14)28-22(25-19)15-6-4-3-5-7-15/h3-7,10-14H,8-9H2,1-2H3,(H,24,26). The van der Waals surface area contributed by atoms with E-state index in [-0.39, 0.29) is 23.4 Å². The molecule has 28 heavy (non-hydrogen) atoms. The number of anilines is 1. The van der Waals surface area contributed by atoms with Gasteiger partial charge in [-0.3, -0.25) is 4.79 Å². The normalized spacial score (nSPS) is 13.6. The van der Waals surface area contributed by atoms with E-state index in [9.17, 15) is 9.18 Å². The number of hydrogen-bond donors (Lipinski definition) is 1. The maximum Gasteiger partial charge on any atom is 0.278 e. The number of benzene rings is 2. The van der Waals surface area contributed by atoms with Crippen LogP contribution in [-0.4, -0.2) is 17.0 Å². The zero-order valence-corrected chi connectivity index (χ0v) is 15.7. The Morgan fingerprint density at radius 3 is 2.64 bits per heavy atom. The first-order valence-electron chi connectivity index (χ1n) is 9.35. The molecule has 0 spiro atoms. The summed E-state index contributed by atoms with van der Waals surface area (Å²) in [5.41, 5.74) is 1.31. The monoisotopic (exact) mass is 380 g/mol. The van der Waals surface area contributed by atoms with Gasteiger partial charge in [0.1, 0.15) is 17.3 Å². The Bertz CT molecular complexity index is 994. The number of aromatic nitrogens is 1. The lowest BCUT2D eigenvalue weighted by atomic mass is 10.2. The highest BCUT2D eigenvalue weighted by Gasteiger charge is 2.34. The quantitative estimate of drug-likeness (QED) is 0.622. The summed E-state index contributed by atoms with van der Waals surface area (Å²) < 4.78 is 25.3. The molecule has 0 unspecified atom stereocenters. The van der Waals surface area contributed by atoms with E-state index in [0.29, 0.717) is 17.4 Å². The fraction of sp³-hybridized carbons (Fsp3) is 0.273. The highest BCUT2D eigenvalue weighted by atomic mass is 19.1. The summed E-state index contributed by atoms with van der Waals surface area (Å²) in [6, 6.07) is 13.5. The van der Waals surface area contributed by atoms with Gasteiger partial charge < -0.3 is 14.5 Å². The van der Waals surface area contributed by atoms with Gasteiger partial charge in [-0.25, -0.2) is 9.37 Å². The predicted molar refractivity (Wildman–Crippen MR) is 104 cm³/mol. The number of oxazole rings is 1. The highest BCUT2D eigenvalue weighted by molar-refractivity contribution is 6.04. The van der Waals surface area contributed by atoms with Gasteiger partial charge in [0, 0.05) is 17.5 Å². The molecule has 1 N–H and O–H groups in total. The number of halogens is 1. The summed E-state index contributed by atoms with van der Waals surface area (Å²) in [6.45, 7) is 3.73. The van der Waals surface area contributed by atoms with Crippen LogP contribution in [0.4, 0.5) is 10.1 Å². The van der Waals surface area contributed by atoms with Crippen LogP contribution in [0.15, 0.2) is 52.9 Å². The number of carbonyl (C=O) groups excluding carboxylic acids is 1. The summed E-state index contributed by atoms with van der Waals surface area (Å²) in [6.07, 6.45) is 1.82. The van der Waals surface area contributed by atoms with Crippen molar-refractivity contribution < 1.29 is 18.3 Å². The zero-order chi connectivity index (χ0) is 19.7. The van der Waals surface area contributed by atoms with Gasteiger partial charge in [-0.2, -0.15) is 0 Å². The maximum atomic E-state index is 13.7. The van der Waals surface area contributed by atoms with E-state index in [2.05, 4.69) is 10.3 Å². The van der Waals surface area contributed by atoms with Crippen LogP contribution in [0.1, 0.15) is 48.9 Å². The van der Waals surface area contributed by atoms with E-state index < -0.39 is 11.7 Å². The van der Waals surface area contributed by atoms with Crippen LogP contribution in [0.3, 0.4) is 0 Å². The lowest BCUT2D eigenvalue weighted by molar-refractivity contribution is 0.102. The topological polar surface area (TPSA) is 64.4 Å². The van der Waals surface area contributed by atoms with Crippen molar-refractivity contribution >= 4 is 11.6 Å². The molecule has 0 saturated heterocycles. The van der Waals surface area contributed by atoms with Gasteiger partial charge in [-0.1, -0.05) is 18.2 Å². The van der Waals surface area contributed by atoms with Crippen molar-refractivity contribution in [1.29, 1.82) is 0 Å². The molecule has 1 aliphatic rings. The molecule has 0 aliphatic heterocycles. The molecule has 6 heteroatoms. The molecule has 1 heterocycles. The van der Waals surface area contributed by atoms with Gasteiger partial charge in [-0.05, 0) is 51.0 Å². The van der Waals surface area contributed by atoms with Crippen molar-refractivity contribution in [3.63, 3.8) is 0 Å². The first-order chi connectivity index (χ1) is 13.5. The number of ether oxygens (including phenoxy) is 1. The van der Waals surface area contributed by atoms with Gasteiger partial charge >= 0.3 is 0 Å². The summed E-state index contributed by atoms with van der Waals surface area (Å²) >= 11 is 0. The summed E-state index contributed by atoms with van der Waals surface area (Å²) in [7, 11) is 0. The number of nitrogens with one attached hydrogen (secondary N) is 1. The van der Waals surface area contributed by atoms with Crippen molar-refractivity contribution in [2.24, 2.45) is 0 Å². The summed E-state index contributed by atoms with van der Waals surface area (Å²) in [4.78, 5) is 17.4. The van der Waals surface area contributed by atoms with Crippen LogP contribution in [-0.2, 0) is 0 Å². The number of hydrogen-bond acceptors (Lipinski definition) is 4. The Kier molecular flexibility index (Phi) is 4.86. The van der Waals surface area contributed by atoms with E-state index >= 15 is 0 Å². The van der Waals surface area contributed by atoms with Crippen LogP contribution in [0.5, 0.6) is 5.75 Å². The second-order valence-electron chi connectivity index (χ2n) is 7.13. The summed E-state index contributed by atoms with van der Waals surface area (Å²) in [5, 5.41) is 2.73. The lowest BCUT2D eigenvalue weighted by Gasteiger charge is -2.14. The largest absolute Gasteiger partial charge is 0.489 e. The minimum absolute atomic E-state index is 0.111. The van der Waals surface area contributed by atoms with Crippen LogP contribution < -0.4 is 10.1 Å². The fourth-order valence-electron chi connectivity index (χ4n) is 2.96. The van der Waals surface area contributed by atoms with Crippen molar-refractivity contribution in [1.82, 2.24) is 4.98 Å². The van der Waals surface area contributed by atoms with Crippen LogP contribution in [0, 0.1) is 5.82 Å². The molecular weight excluding hydrogens is 359 g/mol. The smallest absolute Gasteiger partial charge is 0.278 e. The van der Waals surface area contributed by atoms with Gasteiger partial charge in [-0.15, -0.1) is 0 Å². The van der Waals surface area contributed by atoms with Gasteiger partial charge in [0.05, 0.1) is 11.8 Å². The highest BCUT2D eigenvalue weighted by Crippen LogP contribution is 2.43. The molecule has 1 fully saturated rings. The average Bonchev–Trinajstić information content (AvgIpc) is 3.42. The molecule has 0 radical (unpaired) electrons. The molecule has 1 aliphatic carbocycles. The second-order valence-corrected chi connectivity index (χ2v) is 7.13. The first-order valence-corrected chi connectivity index (χ1v) is 9.35. The molecule has 1 amide bonds. The summed E-state index contributed by atoms with van der Waals surface area (Å²) in [5.74, 6) is 0.699. The predicted octanol–water partition coefficient (Wildman–Crippen LogP) is 5.40. The van der Waals surface area contributed by atoms with Crippen LogP contribution >= 0.6 is 0 Å². The molecule has 5 nitrogen and oxygen atoms in total. The maximum absolute atomic E-state index is 13.7. The molecule has 3 aromatic rings. The van der Waals surface area contributed by atoms with E-state index in [1.165, 1.54) is 18.2 Å². The molecule has 1 saturated carbocycles. The average molecular weight is 380 g/mol. The van der Waals surface area contributed by atoms with Gasteiger partial charge in [0.2, 0.25) is 5.89 Å². The molecule has 0 bridgehead atoms. The third-order valence-electron chi connectivity index (χ3n) is 4.39. The lowest BCUT2D eigenvalue weighted by Crippen LogP contribution is -2.16. The molecular formula is C22H21FN2O3. The van der Waals surface area contributed by atoms with E-state index in [1.54, 1.807) is 0 Å². The number of carbonyl (C=O) groups is 1. The van der Waals surface area contributed by atoms with Crippen LogP contribution in [0.2, 0.25) is 0 Å². The second kappa shape index (κ2) is 7.46. The third-order valence-corrected chi connectivity index (χ3v) is 4.39. The molecule has 2 aromatic carbocycles. The van der Waals surface area contributed by atoms with Crippen LogP contribution in [0.25, 0.3) is 11.5 Å². The van der Waals surface area contributed by atoms with Gasteiger partial charge in [0.25, 0.3) is 5.91 Å².